The zero-order chi connectivity index (χ0) is 12.8. The molecule has 0 aromatic rings. The summed E-state index contributed by atoms with van der Waals surface area (Å²) in [5, 5.41) is 21.3. The maximum absolute atomic E-state index is 10.7. The Morgan fingerprint density at radius 1 is 1.29 bits per heavy atom. The molecule has 98 valence electrons. The molecule has 2 rings (SSSR count). The van der Waals surface area contributed by atoms with Crippen LogP contribution in [0.2, 0.25) is 0 Å². The second-order valence-electron chi connectivity index (χ2n) is 6.71. The molecule has 0 aromatic carbocycles. The molecule has 0 heterocycles. The fourth-order valence-corrected chi connectivity index (χ4v) is 3.92. The van der Waals surface area contributed by atoms with E-state index in [1.807, 2.05) is 13.8 Å². The number of hydrogen-bond acceptors (Lipinski definition) is 2. The third-order valence-electron chi connectivity index (χ3n) is 5.35. The zero-order valence-electron chi connectivity index (χ0n) is 11.5. The van der Waals surface area contributed by atoms with Gasteiger partial charge in [0.05, 0.1) is 11.7 Å². The summed E-state index contributed by atoms with van der Waals surface area (Å²) in [4.78, 5) is 0. The van der Waals surface area contributed by atoms with Gasteiger partial charge in [0.25, 0.3) is 0 Å². The molecular formula is C15H26O2. The van der Waals surface area contributed by atoms with Gasteiger partial charge in [-0.3, -0.25) is 0 Å². The quantitative estimate of drug-likeness (QED) is 0.690. The Labute approximate surface area is 105 Å². The van der Waals surface area contributed by atoms with E-state index in [1.165, 1.54) is 5.57 Å². The summed E-state index contributed by atoms with van der Waals surface area (Å²) in [7, 11) is 0. The Bertz CT molecular complexity index is 334. The molecule has 1 unspecified atom stereocenters. The molecule has 2 aliphatic rings. The van der Waals surface area contributed by atoms with E-state index in [9.17, 15) is 10.2 Å². The van der Waals surface area contributed by atoms with Crippen molar-refractivity contribution in [3.05, 3.63) is 11.6 Å². The van der Waals surface area contributed by atoms with Gasteiger partial charge in [0, 0.05) is 5.92 Å². The number of rotatable bonds is 1. The molecule has 0 bridgehead atoms. The van der Waals surface area contributed by atoms with E-state index in [0.717, 1.165) is 25.7 Å². The molecule has 0 spiro atoms. The zero-order valence-corrected chi connectivity index (χ0v) is 11.5. The van der Waals surface area contributed by atoms with Crippen LogP contribution >= 0.6 is 0 Å². The highest BCUT2D eigenvalue weighted by molar-refractivity contribution is 5.20. The molecule has 2 nitrogen and oxygen atoms in total. The molecule has 0 saturated heterocycles. The first-order chi connectivity index (χ1) is 7.81. The molecule has 1 saturated carbocycles. The summed E-state index contributed by atoms with van der Waals surface area (Å²) in [6, 6.07) is 0. The number of hydrogen-bond donors (Lipinski definition) is 2. The third-order valence-corrected chi connectivity index (χ3v) is 5.35. The van der Waals surface area contributed by atoms with Crippen LogP contribution in [0.1, 0.15) is 53.4 Å². The van der Waals surface area contributed by atoms with Crippen LogP contribution in [0, 0.1) is 17.3 Å². The van der Waals surface area contributed by atoms with Crippen LogP contribution in [0.15, 0.2) is 11.6 Å². The number of fused-ring (bicyclic) bond motifs is 1. The van der Waals surface area contributed by atoms with E-state index < -0.39 is 11.7 Å². The summed E-state index contributed by atoms with van der Waals surface area (Å²) in [6.07, 6.45) is 5.63. The highest BCUT2D eigenvalue weighted by Crippen LogP contribution is 2.54. The van der Waals surface area contributed by atoms with Crippen LogP contribution in [-0.2, 0) is 0 Å². The molecule has 0 radical (unpaired) electrons. The molecule has 0 aliphatic heterocycles. The lowest BCUT2D eigenvalue weighted by molar-refractivity contribution is -0.178. The van der Waals surface area contributed by atoms with E-state index in [2.05, 4.69) is 19.9 Å². The molecule has 0 amide bonds. The topological polar surface area (TPSA) is 40.5 Å². The van der Waals surface area contributed by atoms with E-state index >= 15 is 0 Å². The lowest BCUT2D eigenvalue weighted by Crippen LogP contribution is -2.59. The smallest absolute Gasteiger partial charge is 0.0934 e. The number of allylic oxidation sites excluding steroid dienone is 1. The second-order valence-corrected chi connectivity index (χ2v) is 6.71. The van der Waals surface area contributed by atoms with Gasteiger partial charge in [-0.25, -0.2) is 0 Å². The minimum absolute atomic E-state index is 0.108. The molecule has 4 atom stereocenters. The predicted octanol–water partition coefficient (Wildman–Crippen LogP) is 2.89. The first-order valence-electron chi connectivity index (χ1n) is 6.88. The molecule has 17 heavy (non-hydrogen) atoms. The van der Waals surface area contributed by atoms with Gasteiger partial charge in [0.15, 0.2) is 0 Å². The average Bonchev–Trinajstić information content (AvgIpc) is 2.24. The standard InChI is InChI=1S/C15H26O2/c1-10(2)15(17)9-8-14(4)7-5-6-11(3)12(14)13(15)16/h6,10,12-13,16-17H,5,7-9H2,1-4H3/t12?,13-,14-,15+/m1/s1. The molecule has 2 heteroatoms. The van der Waals surface area contributed by atoms with E-state index in [0.29, 0.717) is 0 Å². The maximum atomic E-state index is 10.7. The van der Waals surface area contributed by atoms with Crippen molar-refractivity contribution in [3.8, 4) is 0 Å². The Balaban J connectivity index is 2.36. The minimum atomic E-state index is -0.906. The van der Waals surface area contributed by atoms with Crippen LogP contribution in [0.5, 0.6) is 0 Å². The summed E-state index contributed by atoms with van der Waals surface area (Å²) in [5.41, 5.74) is 0.542. The van der Waals surface area contributed by atoms with Crippen molar-refractivity contribution in [1.29, 1.82) is 0 Å². The summed E-state index contributed by atoms with van der Waals surface area (Å²) >= 11 is 0. The highest BCUT2D eigenvalue weighted by atomic mass is 16.3. The molecule has 2 aliphatic carbocycles. The van der Waals surface area contributed by atoms with Crippen molar-refractivity contribution in [2.45, 2.75) is 65.1 Å². The second kappa shape index (κ2) is 4.10. The largest absolute Gasteiger partial charge is 0.389 e. The molecule has 2 N–H and O–H groups in total. The third kappa shape index (κ3) is 1.86. The fraction of sp³-hybridized carbons (Fsp3) is 0.867. The van der Waals surface area contributed by atoms with E-state index in [4.69, 9.17) is 0 Å². The number of aliphatic hydroxyl groups is 2. The SMILES string of the molecule is CC1=CCC[C@]2(C)CC[C@](O)(C(C)C)[C@H](O)C12. The van der Waals surface area contributed by atoms with Crippen molar-refractivity contribution < 1.29 is 10.2 Å². The van der Waals surface area contributed by atoms with Crippen molar-refractivity contribution in [3.63, 3.8) is 0 Å². The van der Waals surface area contributed by atoms with Crippen LogP contribution in [0.25, 0.3) is 0 Å². The monoisotopic (exact) mass is 238 g/mol. The Hall–Kier alpha value is -0.340. The van der Waals surface area contributed by atoms with Gasteiger partial charge in [-0.1, -0.05) is 32.4 Å². The van der Waals surface area contributed by atoms with Crippen molar-refractivity contribution >= 4 is 0 Å². The van der Waals surface area contributed by atoms with E-state index in [1.54, 1.807) is 0 Å². The minimum Gasteiger partial charge on any atom is -0.389 e. The lowest BCUT2D eigenvalue weighted by atomic mass is 9.54. The summed E-state index contributed by atoms with van der Waals surface area (Å²) in [6.45, 7) is 8.40. The van der Waals surface area contributed by atoms with Gasteiger partial charge in [-0.05, 0) is 43.9 Å². The van der Waals surface area contributed by atoms with Crippen LogP contribution in [0.3, 0.4) is 0 Å². The van der Waals surface area contributed by atoms with Gasteiger partial charge in [0.2, 0.25) is 0 Å². The first kappa shape index (κ1) is 13.1. The Morgan fingerprint density at radius 3 is 2.53 bits per heavy atom. The fourth-order valence-electron chi connectivity index (χ4n) is 3.92. The Kier molecular flexibility index (Phi) is 3.16. The summed E-state index contributed by atoms with van der Waals surface area (Å²) in [5.74, 6) is 0.245. The normalized spacial score (nSPS) is 46.6. The van der Waals surface area contributed by atoms with Gasteiger partial charge in [0.1, 0.15) is 0 Å². The number of aliphatic hydroxyl groups excluding tert-OH is 1. The predicted molar refractivity (Wildman–Crippen MR) is 69.6 cm³/mol. The van der Waals surface area contributed by atoms with Crippen LogP contribution in [-0.4, -0.2) is 21.9 Å². The molecule has 0 aromatic heterocycles. The van der Waals surface area contributed by atoms with Gasteiger partial charge in [-0.15, -0.1) is 0 Å². The van der Waals surface area contributed by atoms with Crippen LogP contribution < -0.4 is 0 Å². The highest BCUT2D eigenvalue weighted by Gasteiger charge is 2.54. The maximum Gasteiger partial charge on any atom is 0.0934 e. The molecule has 1 fully saturated rings. The summed E-state index contributed by atoms with van der Waals surface area (Å²) < 4.78 is 0. The Morgan fingerprint density at radius 2 is 1.94 bits per heavy atom. The first-order valence-corrected chi connectivity index (χ1v) is 6.88. The van der Waals surface area contributed by atoms with Gasteiger partial charge < -0.3 is 10.2 Å². The van der Waals surface area contributed by atoms with Crippen molar-refractivity contribution in [2.75, 3.05) is 0 Å². The van der Waals surface area contributed by atoms with Crippen molar-refractivity contribution in [2.24, 2.45) is 17.3 Å². The van der Waals surface area contributed by atoms with E-state index in [-0.39, 0.29) is 17.3 Å². The van der Waals surface area contributed by atoms with Crippen molar-refractivity contribution in [1.82, 2.24) is 0 Å². The molecular weight excluding hydrogens is 212 g/mol. The van der Waals surface area contributed by atoms with Gasteiger partial charge >= 0.3 is 0 Å². The lowest BCUT2D eigenvalue weighted by Gasteiger charge is -2.55. The average molecular weight is 238 g/mol. The van der Waals surface area contributed by atoms with Gasteiger partial charge in [-0.2, -0.15) is 0 Å². The van der Waals surface area contributed by atoms with Crippen LogP contribution in [0.4, 0.5) is 0 Å².